The highest BCUT2D eigenvalue weighted by atomic mass is 15.3. The summed E-state index contributed by atoms with van der Waals surface area (Å²) in [6, 6.07) is 0.931. The van der Waals surface area contributed by atoms with Crippen LogP contribution in [0.3, 0.4) is 0 Å². The van der Waals surface area contributed by atoms with E-state index in [9.17, 15) is 0 Å². The molecule has 0 amide bonds. The van der Waals surface area contributed by atoms with Crippen molar-refractivity contribution in [1.29, 1.82) is 0 Å². The fraction of sp³-hybridized carbons (Fsp3) is 1.00. The van der Waals surface area contributed by atoms with Gasteiger partial charge in [-0.3, -0.25) is 4.90 Å². The summed E-state index contributed by atoms with van der Waals surface area (Å²) in [5.74, 6) is 0. The third kappa shape index (κ3) is 5.41. The Morgan fingerprint density at radius 2 is 1.68 bits per heavy atom. The molecule has 2 rings (SSSR count). The molecule has 2 aliphatic rings. The van der Waals surface area contributed by atoms with Crippen LogP contribution < -0.4 is 5.32 Å². The first kappa shape index (κ1) is 15.3. The fourth-order valence-electron chi connectivity index (χ4n) is 3.51. The Kier molecular flexibility index (Phi) is 7.18. The first-order valence-corrected chi connectivity index (χ1v) is 8.57. The third-order valence-electron chi connectivity index (χ3n) is 4.75. The van der Waals surface area contributed by atoms with Crippen molar-refractivity contribution in [3.05, 3.63) is 0 Å². The van der Waals surface area contributed by atoms with Gasteiger partial charge in [-0.2, -0.15) is 0 Å². The number of unbranched alkanes of at least 4 members (excludes halogenated alkanes) is 1. The smallest absolute Gasteiger partial charge is 0.0113 e. The number of hydrogen-bond acceptors (Lipinski definition) is 3. The minimum atomic E-state index is 0.931. The lowest BCUT2D eigenvalue weighted by molar-refractivity contribution is 0.0969. The molecule has 0 aromatic rings. The van der Waals surface area contributed by atoms with Gasteiger partial charge in [0.05, 0.1) is 0 Å². The van der Waals surface area contributed by atoms with E-state index in [0.717, 1.165) is 6.04 Å². The maximum absolute atomic E-state index is 3.49. The topological polar surface area (TPSA) is 18.5 Å². The van der Waals surface area contributed by atoms with Gasteiger partial charge >= 0.3 is 0 Å². The Labute approximate surface area is 119 Å². The van der Waals surface area contributed by atoms with E-state index in [2.05, 4.69) is 22.0 Å². The van der Waals surface area contributed by atoms with Gasteiger partial charge in [0.2, 0.25) is 0 Å². The van der Waals surface area contributed by atoms with E-state index in [1.807, 2.05) is 0 Å². The average molecular weight is 267 g/mol. The molecule has 0 radical (unpaired) electrons. The van der Waals surface area contributed by atoms with E-state index >= 15 is 0 Å². The van der Waals surface area contributed by atoms with Gasteiger partial charge in [0, 0.05) is 32.2 Å². The van der Waals surface area contributed by atoms with Crippen LogP contribution in [-0.2, 0) is 0 Å². The molecular weight excluding hydrogens is 234 g/mol. The van der Waals surface area contributed by atoms with Gasteiger partial charge in [-0.25, -0.2) is 0 Å². The van der Waals surface area contributed by atoms with Crippen molar-refractivity contribution in [1.82, 2.24) is 15.1 Å². The van der Waals surface area contributed by atoms with Crippen LogP contribution in [0, 0.1) is 0 Å². The van der Waals surface area contributed by atoms with Crippen molar-refractivity contribution in [2.45, 2.75) is 57.9 Å². The zero-order valence-electron chi connectivity index (χ0n) is 12.9. The van der Waals surface area contributed by atoms with Crippen LogP contribution in [0.1, 0.15) is 51.9 Å². The van der Waals surface area contributed by atoms with E-state index in [4.69, 9.17) is 0 Å². The Morgan fingerprint density at radius 3 is 2.37 bits per heavy atom. The van der Waals surface area contributed by atoms with Crippen molar-refractivity contribution < 1.29 is 0 Å². The van der Waals surface area contributed by atoms with Gasteiger partial charge in [0.15, 0.2) is 0 Å². The van der Waals surface area contributed by atoms with Crippen LogP contribution in [0.5, 0.6) is 0 Å². The van der Waals surface area contributed by atoms with Gasteiger partial charge in [0.25, 0.3) is 0 Å². The van der Waals surface area contributed by atoms with Crippen LogP contribution >= 0.6 is 0 Å². The Hall–Kier alpha value is -0.120. The largest absolute Gasteiger partial charge is 0.317 e. The predicted molar refractivity (Wildman–Crippen MR) is 82.7 cm³/mol. The second-order valence-corrected chi connectivity index (χ2v) is 6.27. The average Bonchev–Trinajstić information content (AvgIpc) is 2.97. The van der Waals surface area contributed by atoms with Gasteiger partial charge < -0.3 is 10.2 Å². The number of hydrogen-bond donors (Lipinski definition) is 1. The van der Waals surface area contributed by atoms with Crippen LogP contribution in [0.2, 0.25) is 0 Å². The van der Waals surface area contributed by atoms with E-state index in [1.54, 1.807) is 0 Å². The molecule has 1 saturated carbocycles. The van der Waals surface area contributed by atoms with Crippen LogP contribution in [-0.4, -0.2) is 61.7 Å². The predicted octanol–water partition coefficient (Wildman–Crippen LogP) is 2.33. The highest BCUT2D eigenvalue weighted by Gasteiger charge is 2.25. The zero-order chi connectivity index (χ0) is 13.3. The first-order valence-electron chi connectivity index (χ1n) is 8.57. The fourth-order valence-corrected chi connectivity index (χ4v) is 3.51. The first-order chi connectivity index (χ1) is 9.40. The molecular formula is C16H33N3. The van der Waals surface area contributed by atoms with Crippen molar-refractivity contribution in [2.75, 3.05) is 45.8 Å². The summed E-state index contributed by atoms with van der Waals surface area (Å²) in [5, 5.41) is 3.49. The van der Waals surface area contributed by atoms with E-state index < -0.39 is 0 Å². The van der Waals surface area contributed by atoms with Crippen molar-refractivity contribution in [3.8, 4) is 0 Å². The van der Waals surface area contributed by atoms with Gasteiger partial charge in [-0.1, -0.05) is 19.8 Å². The van der Waals surface area contributed by atoms with E-state index in [0.29, 0.717) is 0 Å². The maximum atomic E-state index is 3.49. The zero-order valence-corrected chi connectivity index (χ0v) is 12.9. The lowest BCUT2D eigenvalue weighted by Crippen LogP contribution is -2.49. The summed E-state index contributed by atoms with van der Waals surface area (Å²) < 4.78 is 0. The summed E-state index contributed by atoms with van der Waals surface area (Å²) in [6.45, 7) is 11.2. The molecule has 0 atom stereocenters. The molecule has 0 aromatic carbocycles. The van der Waals surface area contributed by atoms with Crippen molar-refractivity contribution in [3.63, 3.8) is 0 Å². The van der Waals surface area contributed by atoms with Gasteiger partial charge in [0.1, 0.15) is 0 Å². The van der Waals surface area contributed by atoms with E-state index in [-0.39, 0.29) is 0 Å². The SMILES string of the molecule is CCCNCCCCN1CCN(C2CCCC2)CC1. The molecule has 3 nitrogen and oxygen atoms in total. The molecule has 1 aliphatic carbocycles. The summed E-state index contributed by atoms with van der Waals surface area (Å²) in [7, 11) is 0. The van der Waals surface area contributed by atoms with Gasteiger partial charge in [-0.15, -0.1) is 0 Å². The lowest BCUT2D eigenvalue weighted by atomic mass is 10.1. The second-order valence-electron chi connectivity index (χ2n) is 6.27. The number of piperazine rings is 1. The molecule has 2 fully saturated rings. The standard InChI is InChI=1S/C16H33N3/c1-2-9-17-10-5-6-11-18-12-14-19(15-13-18)16-7-3-4-8-16/h16-17H,2-15H2,1H3. The highest BCUT2D eigenvalue weighted by Crippen LogP contribution is 2.24. The summed E-state index contributed by atoms with van der Waals surface area (Å²) in [5.41, 5.74) is 0. The molecule has 1 aliphatic heterocycles. The van der Waals surface area contributed by atoms with Crippen LogP contribution in [0.4, 0.5) is 0 Å². The summed E-state index contributed by atoms with van der Waals surface area (Å²) >= 11 is 0. The number of rotatable bonds is 8. The summed E-state index contributed by atoms with van der Waals surface area (Å²) in [4.78, 5) is 5.43. The highest BCUT2D eigenvalue weighted by molar-refractivity contribution is 4.81. The third-order valence-corrected chi connectivity index (χ3v) is 4.75. The quantitative estimate of drug-likeness (QED) is 0.681. The van der Waals surface area contributed by atoms with Crippen LogP contribution in [0.15, 0.2) is 0 Å². The molecule has 0 bridgehead atoms. The molecule has 1 saturated heterocycles. The summed E-state index contributed by atoms with van der Waals surface area (Å²) in [6.07, 6.45) is 9.81. The van der Waals surface area contributed by atoms with Crippen molar-refractivity contribution >= 4 is 0 Å². The minimum absolute atomic E-state index is 0.931. The molecule has 1 heterocycles. The molecule has 112 valence electrons. The lowest BCUT2D eigenvalue weighted by Gasteiger charge is -2.38. The normalized spacial score (nSPS) is 23.2. The molecule has 0 aromatic heterocycles. The number of nitrogens with zero attached hydrogens (tertiary/aromatic N) is 2. The minimum Gasteiger partial charge on any atom is -0.317 e. The Balaban J connectivity index is 1.49. The van der Waals surface area contributed by atoms with Crippen LogP contribution in [0.25, 0.3) is 0 Å². The van der Waals surface area contributed by atoms with E-state index in [1.165, 1.54) is 90.8 Å². The van der Waals surface area contributed by atoms with Crippen molar-refractivity contribution in [2.24, 2.45) is 0 Å². The monoisotopic (exact) mass is 267 g/mol. The molecule has 0 unspecified atom stereocenters. The molecule has 3 heteroatoms. The van der Waals surface area contributed by atoms with Gasteiger partial charge in [-0.05, 0) is 51.7 Å². The molecule has 0 spiro atoms. The molecule has 1 N–H and O–H groups in total. The Bertz CT molecular complexity index is 218. The maximum Gasteiger partial charge on any atom is 0.0113 e. The number of nitrogens with one attached hydrogen (secondary N) is 1. The Morgan fingerprint density at radius 1 is 0.947 bits per heavy atom. The molecule has 19 heavy (non-hydrogen) atoms. The second kappa shape index (κ2) is 8.93.